The Kier molecular flexibility index (Phi) is 3.77. The fourth-order valence-corrected chi connectivity index (χ4v) is 3.23. The summed E-state index contributed by atoms with van der Waals surface area (Å²) in [4.78, 5) is 27.5. The van der Waals surface area contributed by atoms with Crippen LogP contribution in [0.15, 0.2) is 30.9 Å². The summed E-state index contributed by atoms with van der Waals surface area (Å²) in [5, 5.41) is 0. The fraction of sp³-hybridized carbons (Fsp3) is 0.444. The molecule has 4 rings (SSSR count). The van der Waals surface area contributed by atoms with Gasteiger partial charge in [0.25, 0.3) is 0 Å². The number of pyridine rings is 1. The SMILES string of the molecule is O=C(CC1CC1)N1CCc2ncnc(-c3cccnc3)c2CC1. The van der Waals surface area contributed by atoms with Crippen molar-refractivity contribution in [1.82, 2.24) is 19.9 Å². The average molecular weight is 308 g/mol. The van der Waals surface area contributed by atoms with Crippen LogP contribution in [-0.2, 0) is 17.6 Å². The Hall–Kier alpha value is -2.30. The molecule has 0 saturated heterocycles. The van der Waals surface area contributed by atoms with Crippen LogP contribution in [0, 0.1) is 5.92 Å². The molecule has 0 N–H and O–H groups in total. The van der Waals surface area contributed by atoms with Crippen LogP contribution in [0.1, 0.15) is 30.5 Å². The standard InChI is InChI=1S/C18H20N4O/c23-17(10-13-3-4-13)22-8-5-15-16(6-9-22)20-12-21-18(15)14-2-1-7-19-11-14/h1-2,7,11-13H,3-6,8-10H2. The lowest BCUT2D eigenvalue weighted by Gasteiger charge is -2.20. The van der Waals surface area contributed by atoms with Crippen LogP contribution in [0.25, 0.3) is 11.3 Å². The molecule has 23 heavy (non-hydrogen) atoms. The van der Waals surface area contributed by atoms with Gasteiger partial charge < -0.3 is 4.90 Å². The normalized spacial score (nSPS) is 17.5. The molecule has 3 heterocycles. The molecule has 0 bridgehead atoms. The number of carbonyl (C=O) groups excluding carboxylic acids is 1. The van der Waals surface area contributed by atoms with Gasteiger partial charge in [-0.15, -0.1) is 0 Å². The minimum Gasteiger partial charge on any atom is -0.342 e. The first kappa shape index (κ1) is 14.3. The second kappa shape index (κ2) is 6.07. The van der Waals surface area contributed by atoms with E-state index >= 15 is 0 Å². The van der Waals surface area contributed by atoms with Gasteiger partial charge in [0.15, 0.2) is 0 Å². The van der Waals surface area contributed by atoms with E-state index in [0.717, 1.165) is 49.3 Å². The van der Waals surface area contributed by atoms with E-state index in [0.29, 0.717) is 11.8 Å². The molecule has 2 aromatic heterocycles. The number of hydrogen-bond acceptors (Lipinski definition) is 4. The largest absolute Gasteiger partial charge is 0.342 e. The van der Waals surface area contributed by atoms with Crippen molar-refractivity contribution in [1.29, 1.82) is 0 Å². The van der Waals surface area contributed by atoms with E-state index in [1.165, 1.54) is 18.4 Å². The average Bonchev–Trinajstić information content (AvgIpc) is 3.41. The summed E-state index contributed by atoms with van der Waals surface area (Å²) in [5.41, 5.74) is 4.21. The molecule has 1 amide bonds. The maximum Gasteiger partial charge on any atom is 0.222 e. The number of hydrogen-bond donors (Lipinski definition) is 0. The van der Waals surface area contributed by atoms with E-state index in [-0.39, 0.29) is 0 Å². The van der Waals surface area contributed by atoms with Crippen molar-refractivity contribution in [3.8, 4) is 11.3 Å². The first-order chi connectivity index (χ1) is 11.3. The molecule has 5 heteroatoms. The molecule has 0 atom stereocenters. The van der Waals surface area contributed by atoms with E-state index in [9.17, 15) is 4.79 Å². The molecule has 1 aliphatic carbocycles. The van der Waals surface area contributed by atoms with Crippen LogP contribution in [-0.4, -0.2) is 38.8 Å². The van der Waals surface area contributed by atoms with E-state index in [4.69, 9.17) is 0 Å². The quantitative estimate of drug-likeness (QED) is 0.873. The van der Waals surface area contributed by atoms with Gasteiger partial charge in [0.2, 0.25) is 5.91 Å². The van der Waals surface area contributed by atoms with E-state index in [1.54, 1.807) is 12.5 Å². The minimum absolute atomic E-state index is 0.302. The topological polar surface area (TPSA) is 59.0 Å². The van der Waals surface area contributed by atoms with Crippen molar-refractivity contribution in [2.75, 3.05) is 13.1 Å². The highest BCUT2D eigenvalue weighted by Crippen LogP contribution is 2.33. The number of nitrogens with zero attached hydrogens (tertiary/aromatic N) is 4. The number of aromatic nitrogens is 3. The highest BCUT2D eigenvalue weighted by atomic mass is 16.2. The maximum atomic E-state index is 12.4. The third-order valence-corrected chi connectivity index (χ3v) is 4.73. The molecule has 0 radical (unpaired) electrons. The van der Waals surface area contributed by atoms with Crippen molar-refractivity contribution in [2.45, 2.75) is 32.1 Å². The van der Waals surface area contributed by atoms with Crippen LogP contribution >= 0.6 is 0 Å². The van der Waals surface area contributed by atoms with Gasteiger partial charge in [-0.3, -0.25) is 9.78 Å². The van der Waals surface area contributed by atoms with Crippen LogP contribution in [0.3, 0.4) is 0 Å². The molecule has 118 valence electrons. The van der Waals surface area contributed by atoms with E-state index < -0.39 is 0 Å². The Labute approximate surface area is 135 Å². The molecule has 5 nitrogen and oxygen atoms in total. The lowest BCUT2D eigenvalue weighted by molar-refractivity contribution is -0.131. The van der Waals surface area contributed by atoms with Gasteiger partial charge in [-0.1, -0.05) is 0 Å². The zero-order chi connectivity index (χ0) is 15.6. The fourth-order valence-electron chi connectivity index (χ4n) is 3.23. The van der Waals surface area contributed by atoms with Crippen LogP contribution in [0.2, 0.25) is 0 Å². The zero-order valence-corrected chi connectivity index (χ0v) is 13.1. The van der Waals surface area contributed by atoms with Gasteiger partial charge in [0.1, 0.15) is 6.33 Å². The molecule has 0 spiro atoms. The molecule has 1 aliphatic heterocycles. The number of fused-ring (bicyclic) bond motifs is 1. The Morgan fingerprint density at radius 1 is 1.22 bits per heavy atom. The highest BCUT2D eigenvalue weighted by Gasteiger charge is 2.28. The summed E-state index contributed by atoms with van der Waals surface area (Å²) in [6, 6.07) is 3.95. The van der Waals surface area contributed by atoms with Gasteiger partial charge in [0, 0.05) is 55.1 Å². The second-order valence-electron chi connectivity index (χ2n) is 6.42. The second-order valence-corrected chi connectivity index (χ2v) is 6.42. The molecule has 2 aliphatic rings. The van der Waals surface area contributed by atoms with Gasteiger partial charge in [-0.25, -0.2) is 9.97 Å². The van der Waals surface area contributed by atoms with E-state index in [2.05, 4.69) is 15.0 Å². The van der Waals surface area contributed by atoms with Gasteiger partial charge in [-0.2, -0.15) is 0 Å². The third-order valence-electron chi connectivity index (χ3n) is 4.73. The van der Waals surface area contributed by atoms with Gasteiger partial charge in [-0.05, 0) is 37.3 Å². The van der Waals surface area contributed by atoms with Crippen molar-refractivity contribution >= 4 is 5.91 Å². The summed E-state index contributed by atoms with van der Waals surface area (Å²) < 4.78 is 0. The molecule has 1 saturated carbocycles. The van der Waals surface area contributed by atoms with Crippen molar-refractivity contribution in [2.24, 2.45) is 5.92 Å². The smallest absolute Gasteiger partial charge is 0.222 e. The molecular formula is C18H20N4O. The Morgan fingerprint density at radius 2 is 2.09 bits per heavy atom. The van der Waals surface area contributed by atoms with Crippen LogP contribution < -0.4 is 0 Å². The molecule has 0 unspecified atom stereocenters. The molecule has 0 aromatic carbocycles. The summed E-state index contributed by atoms with van der Waals surface area (Å²) in [7, 11) is 0. The number of rotatable bonds is 3. The number of carbonyl (C=O) groups is 1. The monoisotopic (exact) mass is 308 g/mol. The van der Waals surface area contributed by atoms with Crippen LogP contribution in [0.5, 0.6) is 0 Å². The van der Waals surface area contributed by atoms with Crippen molar-refractivity contribution in [3.63, 3.8) is 0 Å². The van der Waals surface area contributed by atoms with Gasteiger partial charge in [0.05, 0.1) is 5.69 Å². The van der Waals surface area contributed by atoms with Gasteiger partial charge >= 0.3 is 0 Å². The zero-order valence-electron chi connectivity index (χ0n) is 13.1. The summed E-state index contributed by atoms with van der Waals surface area (Å²) in [5.74, 6) is 0.940. The summed E-state index contributed by atoms with van der Waals surface area (Å²) >= 11 is 0. The summed E-state index contributed by atoms with van der Waals surface area (Å²) in [6.07, 6.45) is 10.0. The predicted octanol–water partition coefficient (Wildman–Crippen LogP) is 2.27. The van der Waals surface area contributed by atoms with Crippen molar-refractivity contribution < 1.29 is 4.79 Å². The molecule has 1 fully saturated rings. The Bertz CT molecular complexity index is 712. The molecular weight excluding hydrogens is 288 g/mol. The third kappa shape index (κ3) is 3.09. The number of amides is 1. The highest BCUT2D eigenvalue weighted by molar-refractivity contribution is 5.77. The minimum atomic E-state index is 0.302. The predicted molar refractivity (Wildman–Crippen MR) is 86.6 cm³/mol. The van der Waals surface area contributed by atoms with Crippen LogP contribution in [0.4, 0.5) is 0 Å². The first-order valence-corrected chi connectivity index (χ1v) is 8.32. The lowest BCUT2D eigenvalue weighted by Crippen LogP contribution is -2.33. The first-order valence-electron chi connectivity index (χ1n) is 8.32. The van der Waals surface area contributed by atoms with Crippen molar-refractivity contribution in [3.05, 3.63) is 42.1 Å². The Morgan fingerprint density at radius 3 is 2.87 bits per heavy atom. The molecule has 2 aromatic rings. The Balaban J connectivity index is 1.57. The summed E-state index contributed by atoms with van der Waals surface area (Å²) in [6.45, 7) is 1.53. The van der Waals surface area contributed by atoms with E-state index in [1.807, 2.05) is 23.2 Å². The maximum absolute atomic E-state index is 12.4. The lowest BCUT2D eigenvalue weighted by atomic mass is 10.0.